The maximum Gasteiger partial charge on any atom is 0.225 e. The van der Waals surface area contributed by atoms with E-state index in [1.54, 1.807) is 0 Å². The highest BCUT2D eigenvalue weighted by atomic mass is 16.2. The second kappa shape index (κ2) is 8.38. The zero-order chi connectivity index (χ0) is 19.4. The van der Waals surface area contributed by atoms with Gasteiger partial charge < -0.3 is 10.2 Å². The molecule has 0 aromatic heterocycles. The minimum absolute atomic E-state index is 0.0973. The second-order valence-corrected chi connectivity index (χ2v) is 7.47. The van der Waals surface area contributed by atoms with E-state index in [4.69, 9.17) is 0 Å². The van der Waals surface area contributed by atoms with Crippen molar-refractivity contribution in [1.82, 2.24) is 10.2 Å². The molecule has 1 saturated heterocycles. The first kappa shape index (κ1) is 19.2. The fraction of sp³-hybridized carbons (Fsp3) is 0.391. The van der Waals surface area contributed by atoms with E-state index in [0.717, 1.165) is 30.5 Å². The number of carbonyl (C=O) groups excluding carboxylic acids is 2. The van der Waals surface area contributed by atoms with Crippen LogP contribution in [0.1, 0.15) is 60.5 Å². The first-order chi connectivity index (χ1) is 13.0. The zero-order valence-corrected chi connectivity index (χ0v) is 16.4. The number of benzene rings is 2. The molecule has 3 rings (SSSR count). The molecule has 1 aliphatic rings. The quantitative estimate of drug-likeness (QED) is 0.863. The number of hydrogen-bond acceptors (Lipinski definition) is 2. The third-order valence-electron chi connectivity index (χ3n) is 5.36. The highest BCUT2D eigenvalue weighted by Crippen LogP contribution is 2.35. The third kappa shape index (κ3) is 4.57. The van der Waals surface area contributed by atoms with Gasteiger partial charge in [0, 0.05) is 13.5 Å². The van der Waals surface area contributed by atoms with Crippen LogP contribution in [-0.4, -0.2) is 23.3 Å². The van der Waals surface area contributed by atoms with Gasteiger partial charge in [-0.3, -0.25) is 9.59 Å². The van der Waals surface area contributed by atoms with Crippen LogP contribution in [0.25, 0.3) is 0 Å². The lowest BCUT2D eigenvalue weighted by molar-refractivity contribution is -0.133. The van der Waals surface area contributed by atoms with E-state index in [2.05, 4.69) is 24.4 Å². The Hall–Kier alpha value is -2.62. The largest absolute Gasteiger partial charge is 0.349 e. The molecular formula is C23H28N2O2. The van der Waals surface area contributed by atoms with Crippen molar-refractivity contribution >= 4 is 11.8 Å². The van der Waals surface area contributed by atoms with Gasteiger partial charge in [0.1, 0.15) is 0 Å². The van der Waals surface area contributed by atoms with Crippen LogP contribution in [0.15, 0.2) is 48.5 Å². The molecule has 0 spiro atoms. The van der Waals surface area contributed by atoms with Crippen molar-refractivity contribution in [3.63, 3.8) is 0 Å². The first-order valence-electron chi connectivity index (χ1n) is 9.64. The van der Waals surface area contributed by atoms with Gasteiger partial charge in [0.15, 0.2) is 0 Å². The Morgan fingerprint density at radius 1 is 1.11 bits per heavy atom. The summed E-state index contributed by atoms with van der Waals surface area (Å²) < 4.78 is 0. The average molecular weight is 364 g/mol. The minimum atomic E-state index is -0.297. The number of nitrogens with one attached hydrogen (secondary N) is 1. The number of nitrogens with zero attached hydrogens (tertiary/aromatic N) is 1. The summed E-state index contributed by atoms with van der Waals surface area (Å²) in [7, 11) is 0. The SMILES string of the molecule is CC(=O)NC(CC(=O)N1CCCC1c1ccccc1C)c1ccc(C)cc1. The predicted molar refractivity (Wildman–Crippen MR) is 107 cm³/mol. The summed E-state index contributed by atoms with van der Waals surface area (Å²) in [5.74, 6) is -0.0228. The Morgan fingerprint density at radius 3 is 2.48 bits per heavy atom. The highest BCUT2D eigenvalue weighted by Gasteiger charge is 2.32. The van der Waals surface area contributed by atoms with E-state index in [1.807, 2.05) is 48.2 Å². The van der Waals surface area contributed by atoms with Gasteiger partial charge in [0.05, 0.1) is 18.5 Å². The molecule has 2 unspecified atom stereocenters. The molecule has 27 heavy (non-hydrogen) atoms. The number of carbonyl (C=O) groups is 2. The number of aryl methyl sites for hydroxylation is 2. The van der Waals surface area contributed by atoms with Crippen molar-refractivity contribution in [2.75, 3.05) is 6.54 Å². The summed E-state index contributed by atoms with van der Waals surface area (Å²) in [6, 6.07) is 16.1. The van der Waals surface area contributed by atoms with E-state index in [0.29, 0.717) is 0 Å². The summed E-state index contributed by atoms with van der Waals surface area (Å²) in [4.78, 5) is 26.8. The molecule has 0 saturated carbocycles. The van der Waals surface area contributed by atoms with Crippen LogP contribution in [0.2, 0.25) is 0 Å². The maximum absolute atomic E-state index is 13.1. The standard InChI is InChI=1S/C23H28N2O2/c1-16-10-12-19(13-11-16)21(24-18(3)26)15-23(27)25-14-6-9-22(25)20-8-5-4-7-17(20)2/h4-5,7-8,10-13,21-22H,6,9,14-15H2,1-3H3,(H,24,26). The van der Waals surface area contributed by atoms with E-state index in [9.17, 15) is 9.59 Å². The molecule has 2 aromatic rings. The smallest absolute Gasteiger partial charge is 0.225 e. The van der Waals surface area contributed by atoms with E-state index in [1.165, 1.54) is 18.1 Å². The molecule has 2 aromatic carbocycles. The van der Waals surface area contributed by atoms with Crippen molar-refractivity contribution in [2.24, 2.45) is 0 Å². The molecule has 142 valence electrons. The molecule has 2 atom stereocenters. The predicted octanol–water partition coefficient (Wildman–Crippen LogP) is 4.23. The van der Waals surface area contributed by atoms with Crippen molar-refractivity contribution in [2.45, 2.75) is 52.1 Å². The molecule has 1 N–H and O–H groups in total. The monoisotopic (exact) mass is 364 g/mol. The molecule has 0 radical (unpaired) electrons. The molecule has 4 nitrogen and oxygen atoms in total. The van der Waals surface area contributed by atoms with E-state index in [-0.39, 0.29) is 30.3 Å². The number of rotatable bonds is 5. The van der Waals surface area contributed by atoms with Crippen LogP contribution >= 0.6 is 0 Å². The van der Waals surface area contributed by atoms with Gasteiger partial charge in [0.25, 0.3) is 0 Å². The zero-order valence-electron chi connectivity index (χ0n) is 16.4. The molecule has 0 bridgehead atoms. The Morgan fingerprint density at radius 2 is 1.81 bits per heavy atom. The van der Waals surface area contributed by atoms with Crippen LogP contribution in [0, 0.1) is 13.8 Å². The van der Waals surface area contributed by atoms with E-state index >= 15 is 0 Å². The molecule has 1 fully saturated rings. The summed E-state index contributed by atoms with van der Waals surface area (Å²) in [5.41, 5.74) is 4.58. The Balaban J connectivity index is 1.79. The van der Waals surface area contributed by atoms with Gasteiger partial charge >= 0.3 is 0 Å². The van der Waals surface area contributed by atoms with E-state index < -0.39 is 0 Å². The topological polar surface area (TPSA) is 49.4 Å². The third-order valence-corrected chi connectivity index (χ3v) is 5.36. The van der Waals surface area contributed by atoms with Crippen LogP contribution in [-0.2, 0) is 9.59 Å². The Bertz CT molecular complexity index is 813. The number of amides is 2. The lowest BCUT2D eigenvalue weighted by atomic mass is 9.98. The van der Waals surface area contributed by atoms with Gasteiger partial charge in [-0.25, -0.2) is 0 Å². The lowest BCUT2D eigenvalue weighted by Gasteiger charge is -2.28. The van der Waals surface area contributed by atoms with Crippen molar-refractivity contribution < 1.29 is 9.59 Å². The Kier molecular flexibility index (Phi) is 5.94. The summed E-state index contributed by atoms with van der Waals surface area (Å²) in [6.45, 7) is 6.40. The fourth-order valence-corrected chi connectivity index (χ4v) is 3.94. The molecule has 2 amide bonds. The van der Waals surface area contributed by atoms with Gasteiger partial charge in [-0.15, -0.1) is 0 Å². The highest BCUT2D eigenvalue weighted by molar-refractivity contribution is 5.80. The van der Waals surface area contributed by atoms with Crippen LogP contribution in [0.5, 0.6) is 0 Å². The lowest BCUT2D eigenvalue weighted by Crippen LogP contribution is -2.35. The molecule has 1 heterocycles. The fourth-order valence-electron chi connectivity index (χ4n) is 3.94. The average Bonchev–Trinajstić information content (AvgIpc) is 3.11. The molecule has 0 aliphatic carbocycles. The van der Waals surface area contributed by atoms with Crippen LogP contribution < -0.4 is 5.32 Å². The summed E-state index contributed by atoms with van der Waals surface area (Å²) in [6.07, 6.45) is 2.29. The van der Waals surface area contributed by atoms with Gasteiger partial charge in [0.2, 0.25) is 11.8 Å². The molecule has 4 heteroatoms. The second-order valence-electron chi connectivity index (χ2n) is 7.47. The van der Waals surface area contributed by atoms with Gasteiger partial charge in [-0.05, 0) is 43.4 Å². The first-order valence-corrected chi connectivity index (χ1v) is 9.64. The van der Waals surface area contributed by atoms with Gasteiger partial charge in [-0.2, -0.15) is 0 Å². The van der Waals surface area contributed by atoms with Gasteiger partial charge in [-0.1, -0.05) is 54.1 Å². The number of likely N-dealkylation sites (tertiary alicyclic amines) is 1. The molecular weight excluding hydrogens is 336 g/mol. The Labute approximate surface area is 161 Å². The van der Waals surface area contributed by atoms with Crippen molar-refractivity contribution in [3.05, 3.63) is 70.8 Å². The van der Waals surface area contributed by atoms with Crippen molar-refractivity contribution in [3.8, 4) is 0 Å². The van der Waals surface area contributed by atoms with Crippen LogP contribution in [0.3, 0.4) is 0 Å². The minimum Gasteiger partial charge on any atom is -0.349 e. The number of hydrogen-bond donors (Lipinski definition) is 1. The summed E-state index contributed by atoms with van der Waals surface area (Å²) in [5, 5.41) is 2.95. The molecule has 1 aliphatic heterocycles. The van der Waals surface area contributed by atoms with Crippen molar-refractivity contribution in [1.29, 1.82) is 0 Å². The normalized spacial score (nSPS) is 17.6. The maximum atomic E-state index is 13.1. The van der Waals surface area contributed by atoms with Crippen LogP contribution in [0.4, 0.5) is 0 Å². The summed E-state index contributed by atoms with van der Waals surface area (Å²) >= 11 is 0.